The molecule has 1 aromatic heterocycles. The molecular weight excluding hydrogens is 304 g/mol. The van der Waals surface area contributed by atoms with Gasteiger partial charge in [-0.2, -0.15) is 5.10 Å². The Kier molecular flexibility index (Phi) is 4.42. The van der Waals surface area contributed by atoms with Gasteiger partial charge in [0.2, 0.25) is 0 Å². The number of nitrogens with zero attached hydrogens (tertiary/aromatic N) is 1. The molecule has 2 N–H and O–H groups in total. The molecule has 5 heteroatoms. The lowest BCUT2D eigenvalue weighted by Crippen LogP contribution is -1.94. The van der Waals surface area contributed by atoms with E-state index in [9.17, 15) is 5.11 Å². The third kappa shape index (κ3) is 2.80. The van der Waals surface area contributed by atoms with Gasteiger partial charge in [0.05, 0.1) is 26.1 Å². The average molecular weight is 324 g/mol. The summed E-state index contributed by atoms with van der Waals surface area (Å²) in [5.74, 6) is 1.61. The minimum Gasteiger partial charge on any atom is -0.507 e. The van der Waals surface area contributed by atoms with E-state index in [1.807, 2.05) is 37.3 Å². The molecule has 0 amide bonds. The van der Waals surface area contributed by atoms with Gasteiger partial charge in [-0.15, -0.1) is 0 Å². The topological polar surface area (TPSA) is 67.4 Å². The van der Waals surface area contributed by atoms with Crippen molar-refractivity contribution < 1.29 is 14.6 Å². The van der Waals surface area contributed by atoms with Crippen molar-refractivity contribution in [1.29, 1.82) is 0 Å². The van der Waals surface area contributed by atoms with E-state index in [-0.39, 0.29) is 5.75 Å². The number of phenolic OH excluding ortho intramolecular Hbond substituents is 1. The number of aryl methyl sites for hydroxylation is 1. The summed E-state index contributed by atoms with van der Waals surface area (Å²) in [6.07, 6.45) is 2.53. The van der Waals surface area contributed by atoms with E-state index in [2.05, 4.69) is 10.2 Å². The summed E-state index contributed by atoms with van der Waals surface area (Å²) in [4.78, 5) is 0. The number of methoxy groups -OCH3 is 2. The van der Waals surface area contributed by atoms with Crippen LogP contribution in [0.15, 0.2) is 42.6 Å². The van der Waals surface area contributed by atoms with Gasteiger partial charge in [-0.25, -0.2) is 0 Å². The fourth-order valence-electron chi connectivity index (χ4n) is 2.81. The highest BCUT2D eigenvalue weighted by Gasteiger charge is 2.18. The van der Waals surface area contributed by atoms with Gasteiger partial charge in [0.15, 0.2) is 0 Å². The van der Waals surface area contributed by atoms with Gasteiger partial charge >= 0.3 is 0 Å². The van der Waals surface area contributed by atoms with E-state index in [1.165, 1.54) is 0 Å². The number of H-pyrrole nitrogens is 1. The number of ether oxygens (including phenoxy) is 2. The smallest absolute Gasteiger partial charge is 0.128 e. The second-order valence-electron chi connectivity index (χ2n) is 5.42. The molecule has 0 saturated heterocycles. The third-order valence-electron chi connectivity index (χ3n) is 4.08. The number of phenols is 1. The zero-order valence-corrected chi connectivity index (χ0v) is 14.0. The first-order chi connectivity index (χ1) is 11.7. The Morgan fingerprint density at radius 2 is 1.75 bits per heavy atom. The predicted molar refractivity (Wildman–Crippen MR) is 93.6 cm³/mol. The molecule has 0 aliphatic carbocycles. The van der Waals surface area contributed by atoms with Crippen LogP contribution in [0.2, 0.25) is 0 Å². The van der Waals surface area contributed by atoms with Crippen LogP contribution in [0.5, 0.6) is 17.2 Å². The highest BCUT2D eigenvalue weighted by atomic mass is 16.5. The average Bonchev–Trinajstić information content (AvgIpc) is 3.10. The number of nitrogens with one attached hydrogen (secondary N) is 1. The second kappa shape index (κ2) is 6.66. The second-order valence-corrected chi connectivity index (χ2v) is 5.42. The van der Waals surface area contributed by atoms with Gasteiger partial charge in [-0.05, 0) is 35.7 Å². The summed E-state index contributed by atoms with van der Waals surface area (Å²) in [6, 6.07) is 11.3. The van der Waals surface area contributed by atoms with Crippen LogP contribution < -0.4 is 9.47 Å². The minimum absolute atomic E-state index is 0.171. The molecule has 3 rings (SSSR count). The lowest BCUT2D eigenvalue weighted by Gasteiger charge is -2.13. The minimum atomic E-state index is 0.171. The highest BCUT2D eigenvalue weighted by molar-refractivity contribution is 5.85. The van der Waals surface area contributed by atoms with Crippen LogP contribution in [0.25, 0.3) is 22.4 Å². The van der Waals surface area contributed by atoms with Crippen LogP contribution in [0.4, 0.5) is 0 Å². The summed E-state index contributed by atoms with van der Waals surface area (Å²) in [6.45, 7) is 2.04. The van der Waals surface area contributed by atoms with Crippen molar-refractivity contribution in [3.63, 3.8) is 0 Å². The number of hydrogen-bond acceptors (Lipinski definition) is 4. The number of benzene rings is 2. The Balaban J connectivity index is 2.13. The van der Waals surface area contributed by atoms with Crippen molar-refractivity contribution >= 4 is 0 Å². The summed E-state index contributed by atoms with van der Waals surface area (Å²) in [5.41, 5.74) is 4.45. The Morgan fingerprint density at radius 1 is 1.04 bits per heavy atom. The quantitative estimate of drug-likeness (QED) is 0.743. The Hall–Kier alpha value is -2.95. The Morgan fingerprint density at radius 3 is 2.38 bits per heavy atom. The van der Waals surface area contributed by atoms with E-state index in [0.717, 1.165) is 40.1 Å². The molecule has 24 heavy (non-hydrogen) atoms. The highest BCUT2D eigenvalue weighted by Crippen LogP contribution is 2.40. The zero-order chi connectivity index (χ0) is 17.1. The van der Waals surface area contributed by atoms with Crippen LogP contribution in [-0.4, -0.2) is 29.5 Å². The van der Waals surface area contributed by atoms with Crippen LogP contribution >= 0.6 is 0 Å². The van der Waals surface area contributed by atoms with E-state index < -0.39 is 0 Å². The maximum absolute atomic E-state index is 10.5. The van der Waals surface area contributed by atoms with Gasteiger partial charge in [0.1, 0.15) is 17.2 Å². The normalized spacial score (nSPS) is 10.6. The molecule has 5 nitrogen and oxygen atoms in total. The number of hydrogen-bond donors (Lipinski definition) is 2. The van der Waals surface area contributed by atoms with Crippen molar-refractivity contribution in [2.24, 2.45) is 0 Å². The number of rotatable bonds is 5. The molecule has 3 aromatic rings. The molecule has 2 aromatic carbocycles. The Labute approximate surface area is 140 Å². The predicted octanol–water partition coefficient (Wildman–Crippen LogP) is 4.03. The molecule has 0 spiro atoms. The van der Waals surface area contributed by atoms with Crippen molar-refractivity contribution in [3.8, 4) is 39.6 Å². The van der Waals surface area contributed by atoms with E-state index in [1.54, 1.807) is 26.5 Å². The number of aromatic hydroxyl groups is 1. The molecule has 0 atom stereocenters. The lowest BCUT2D eigenvalue weighted by molar-refractivity contribution is 0.407. The summed E-state index contributed by atoms with van der Waals surface area (Å²) >= 11 is 0. The van der Waals surface area contributed by atoms with Crippen molar-refractivity contribution in [1.82, 2.24) is 10.2 Å². The standard InChI is InChI=1S/C19H20N2O3/c1-4-12-9-15(24-3)10-17(22)18(12)19-16(11-20-21-19)13-5-7-14(23-2)8-6-13/h5-11,22H,4H2,1-3H3,(H,20,21). The summed E-state index contributed by atoms with van der Waals surface area (Å²) < 4.78 is 10.5. The monoisotopic (exact) mass is 324 g/mol. The van der Waals surface area contributed by atoms with Crippen LogP contribution in [0.3, 0.4) is 0 Å². The van der Waals surface area contributed by atoms with Gasteiger partial charge in [-0.1, -0.05) is 19.1 Å². The molecule has 0 aliphatic rings. The lowest BCUT2D eigenvalue weighted by atomic mass is 9.95. The molecule has 0 saturated carbocycles. The molecule has 0 bridgehead atoms. The van der Waals surface area contributed by atoms with Crippen molar-refractivity contribution in [2.45, 2.75) is 13.3 Å². The van der Waals surface area contributed by atoms with E-state index in [0.29, 0.717) is 5.75 Å². The maximum Gasteiger partial charge on any atom is 0.128 e. The summed E-state index contributed by atoms with van der Waals surface area (Å²) in [5, 5.41) is 17.7. The molecule has 0 aliphatic heterocycles. The Bertz CT molecular complexity index is 838. The number of aromatic nitrogens is 2. The van der Waals surface area contributed by atoms with Crippen LogP contribution in [0, 0.1) is 0 Å². The van der Waals surface area contributed by atoms with Gasteiger partial charge < -0.3 is 14.6 Å². The first-order valence-corrected chi connectivity index (χ1v) is 7.76. The molecular formula is C19H20N2O3. The zero-order valence-electron chi connectivity index (χ0n) is 14.0. The number of aromatic amines is 1. The van der Waals surface area contributed by atoms with Gasteiger partial charge in [0.25, 0.3) is 0 Å². The van der Waals surface area contributed by atoms with Gasteiger partial charge in [-0.3, -0.25) is 5.10 Å². The van der Waals surface area contributed by atoms with E-state index >= 15 is 0 Å². The fraction of sp³-hybridized carbons (Fsp3) is 0.211. The first-order valence-electron chi connectivity index (χ1n) is 7.76. The molecule has 0 fully saturated rings. The molecule has 0 radical (unpaired) electrons. The van der Waals surface area contributed by atoms with Crippen LogP contribution in [0.1, 0.15) is 12.5 Å². The first kappa shape index (κ1) is 15.9. The fourth-order valence-corrected chi connectivity index (χ4v) is 2.81. The maximum atomic E-state index is 10.5. The van der Waals surface area contributed by atoms with Gasteiger partial charge in [0, 0.05) is 17.2 Å². The van der Waals surface area contributed by atoms with Crippen molar-refractivity contribution in [2.75, 3.05) is 14.2 Å². The van der Waals surface area contributed by atoms with Crippen LogP contribution in [-0.2, 0) is 6.42 Å². The summed E-state index contributed by atoms with van der Waals surface area (Å²) in [7, 11) is 3.23. The van der Waals surface area contributed by atoms with Crippen molar-refractivity contribution in [3.05, 3.63) is 48.2 Å². The third-order valence-corrected chi connectivity index (χ3v) is 4.08. The molecule has 0 unspecified atom stereocenters. The van der Waals surface area contributed by atoms with E-state index in [4.69, 9.17) is 9.47 Å². The molecule has 124 valence electrons. The molecule has 1 heterocycles. The SMILES string of the molecule is CCc1cc(OC)cc(O)c1-c1[nH]ncc1-c1ccc(OC)cc1. The largest absolute Gasteiger partial charge is 0.507 e.